The third-order valence-corrected chi connectivity index (χ3v) is 4.49. The van der Waals surface area contributed by atoms with Gasteiger partial charge >= 0.3 is 0 Å². The fourth-order valence-electron chi connectivity index (χ4n) is 2.97. The van der Waals surface area contributed by atoms with Crippen LogP contribution in [0.5, 0.6) is 0 Å². The van der Waals surface area contributed by atoms with Gasteiger partial charge in [-0.1, -0.05) is 23.7 Å². The molecule has 0 fully saturated rings. The Morgan fingerprint density at radius 3 is 2.65 bits per heavy atom. The number of benzene rings is 1. The number of hydrogen-bond acceptors (Lipinski definition) is 4. The summed E-state index contributed by atoms with van der Waals surface area (Å²) in [7, 11) is 0. The highest BCUT2D eigenvalue weighted by atomic mass is 35.5. The van der Waals surface area contributed by atoms with Crippen LogP contribution in [0.3, 0.4) is 0 Å². The van der Waals surface area contributed by atoms with Gasteiger partial charge in [0.2, 0.25) is 5.89 Å². The van der Waals surface area contributed by atoms with Crippen molar-refractivity contribution in [1.29, 1.82) is 0 Å². The van der Waals surface area contributed by atoms with Crippen LogP contribution in [-0.4, -0.2) is 24.9 Å². The SMILES string of the molecule is Clc1ccccc1-c1oc(-c2ccnc3[nH]ccc23)nc1-c1ncc[nH]1. The van der Waals surface area contributed by atoms with E-state index in [0.717, 1.165) is 22.2 Å². The van der Waals surface area contributed by atoms with Crippen LogP contribution in [0.1, 0.15) is 0 Å². The highest BCUT2D eigenvalue weighted by Gasteiger charge is 2.22. The smallest absolute Gasteiger partial charge is 0.228 e. The number of rotatable bonds is 3. The lowest BCUT2D eigenvalue weighted by Gasteiger charge is -2.01. The summed E-state index contributed by atoms with van der Waals surface area (Å²) in [4.78, 5) is 19.5. The Labute approximate surface area is 152 Å². The molecule has 2 N–H and O–H groups in total. The van der Waals surface area contributed by atoms with Gasteiger partial charge in [-0.2, -0.15) is 0 Å². The standard InChI is InChI=1S/C19H12ClN5O/c20-14-4-2-1-3-13(14)16-15(18-23-9-10-24-18)25-19(26-16)12-6-8-22-17-11(12)5-7-21-17/h1-10H,(H,21,22)(H,23,24). The van der Waals surface area contributed by atoms with Gasteiger partial charge in [-0.25, -0.2) is 15.0 Å². The Hall–Kier alpha value is -3.38. The third kappa shape index (κ3) is 2.31. The van der Waals surface area contributed by atoms with Crippen LogP contribution in [0.4, 0.5) is 0 Å². The fourth-order valence-corrected chi connectivity index (χ4v) is 3.19. The predicted molar refractivity (Wildman–Crippen MR) is 99.6 cm³/mol. The first-order valence-electron chi connectivity index (χ1n) is 7.99. The van der Waals surface area contributed by atoms with Crippen molar-refractivity contribution in [3.63, 3.8) is 0 Å². The molecule has 1 aromatic carbocycles. The van der Waals surface area contributed by atoms with Gasteiger partial charge < -0.3 is 14.4 Å². The highest BCUT2D eigenvalue weighted by Crippen LogP contribution is 2.38. The Bertz CT molecular complexity index is 1210. The summed E-state index contributed by atoms with van der Waals surface area (Å²) in [5.41, 5.74) is 3.00. The Morgan fingerprint density at radius 1 is 0.885 bits per heavy atom. The van der Waals surface area contributed by atoms with Crippen molar-refractivity contribution in [3.8, 4) is 34.3 Å². The lowest BCUT2D eigenvalue weighted by Crippen LogP contribution is -1.86. The van der Waals surface area contributed by atoms with Crippen molar-refractivity contribution in [2.24, 2.45) is 0 Å². The molecule has 0 radical (unpaired) electrons. The minimum Gasteiger partial charge on any atom is -0.435 e. The van der Waals surface area contributed by atoms with E-state index in [0.29, 0.717) is 28.2 Å². The minimum atomic E-state index is 0.485. The van der Waals surface area contributed by atoms with E-state index in [1.54, 1.807) is 18.6 Å². The predicted octanol–water partition coefficient (Wildman–Crippen LogP) is 4.93. The van der Waals surface area contributed by atoms with Crippen molar-refractivity contribution < 1.29 is 4.42 Å². The molecule has 5 aromatic rings. The topological polar surface area (TPSA) is 83.4 Å². The van der Waals surface area contributed by atoms with Crippen LogP contribution < -0.4 is 0 Å². The quantitative estimate of drug-likeness (QED) is 0.477. The largest absolute Gasteiger partial charge is 0.435 e. The van der Waals surface area contributed by atoms with E-state index in [4.69, 9.17) is 21.0 Å². The molecule has 0 spiro atoms. The number of oxazole rings is 1. The van der Waals surface area contributed by atoms with Crippen molar-refractivity contribution in [1.82, 2.24) is 24.9 Å². The third-order valence-electron chi connectivity index (χ3n) is 4.16. The fraction of sp³-hybridized carbons (Fsp3) is 0. The molecule has 0 bridgehead atoms. The van der Waals surface area contributed by atoms with Gasteiger partial charge in [0.1, 0.15) is 5.65 Å². The Morgan fingerprint density at radius 2 is 1.81 bits per heavy atom. The summed E-state index contributed by atoms with van der Waals surface area (Å²) in [5, 5.41) is 1.52. The minimum absolute atomic E-state index is 0.485. The number of aromatic nitrogens is 5. The van der Waals surface area contributed by atoms with Crippen molar-refractivity contribution >= 4 is 22.6 Å². The van der Waals surface area contributed by atoms with Gasteiger partial charge in [0.25, 0.3) is 0 Å². The molecule has 0 saturated heterocycles. The summed E-state index contributed by atoms with van der Waals surface area (Å²) in [6.07, 6.45) is 6.99. The molecular weight excluding hydrogens is 350 g/mol. The number of nitrogens with one attached hydrogen (secondary N) is 2. The molecule has 0 atom stereocenters. The molecule has 4 heterocycles. The number of aromatic amines is 2. The van der Waals surface area contributed by atoms with Gasteiger partial charge in [0.15, 0.2) is 17.3 Å². The van der Waals surface area contributed by atoms with E-state index >= 15 is 0 Å². The lowest BCUT2D eigenvalue weighted by atomic mass is 10.1. The normalized spacial score (nSPS) is 11.3. The highest BCUT2D eigenvalue weighted by molar-refractivity contribution is 6.33. The molecule has 0 amide bonds. The van der Waals surface area contributed by atoms with E-state index < -0.39 is 0 Å². The van der Waals surface area contributed by atoms with Crippen molar-refractivity contribution in [2.75, 3.05) is 0 Å². The second-order valence-corrected chi connectivity index (χ2v) is 6.12. The molecule has 0 saturated carbocycles. The van der Waals surface area contributed by atoms with Crippen LogP contribution in [0, 0.1) is 0 Å². The van der Waals surface area contributed by atoms with Crippen LogP contribution in [0.15, 0.2) is 65.6 Å². The first-order chi connectivity index (χ1) is 12.8. The van der Waals surface area contributed by atoms with Crippen molar-refractivity contribution in [2.45, 2.75) is 0 Å². The summed E-state index contributed by atoms with van der Waals surface area (Å²) >= 11 is 6.39. The zero-order valence-electron chi connectivity index (χ0n) is 13.4. The second kappa shape index (κ2) is 5.86. The molecule has 6 nitrogen and oxygen atoms in total. The van der Waals surface area contributed by atoms with Crippen molar-refractivity contribution in [3.05, 3.63) is 66.2 Å². The van der Waals surface area contributed by atoms with Gasteiger partial charge in [-0.15, -0.1) is 0 Å². The number of imidazole rings is 1. The lowest BCUT2D eigenvalue weighted by molar-refractivity contribution is 0.589. The number of pyridine rings is 1. The number of H-pyrrole nitrogens is 2. The molecule has 26 heavy (non-hydrogen) atoms. The Balaban J connectivity index is 1.78. The summed E-state index contributed by atoms with van der Waals surface area (Å²) in [5.74, 6) is 1.67. The first kappa shape index (κ1) is 14.9. The molecule has 0 aliphatic rings. The van der Waals surface area contributed by atoms with E-state index in [-0.39, 0.29) is 0 Å². The van der Waals surface area contributed by atoms with E-state index in [2.05, 4.69) is 19.9 Å². The number of halogens is 1. The molecule has 0 aliphatic carbocycles. The maximum Gasteiger partial charge on any atom is 0.228 e. The van der Waals surface area contributed by atoms with Crippen LogP contribution in [0.25, 0.3) is 45.3 Å². The molecule has 0 unspecified atom stereocenters. The summed E-state index contributed by atoms with van der Waals surface area (Å²) < 4.78 is 6.17. The maximum absolute atomic E-state index is 6.39. The second-order valence-electron chi connectivity index (χ2n) is 5.71. The van der Waals surface area contributed by atoms with Gasteiger partial charge in [-0.05, 0) is 24.3 Å². The number of hydrogen-bond donors (Lipinski definition) is 2. The molecule has 4 aromatic heterocycles. The van der Waals surface area contributed by atoms with Gasteiger partial charge in [-0.3, -0.25) is 0 Å². The maximum atomic E-state index is 6.39. The van der Waals surface area contributed by atoms with E-state index in [1.165, 1.54) is 0 Å². The Kier molecular flexibility index (Phi) is 3.36. The van der Waals surface area contributed by atoms with Crippen LogP contribution in [0.2, 0.25) is 5.02 Å². The molecule has 0 aliphatic heterocycles. The first-order valence-corrected chi connectivity index (χ1v) is 8.37. The molecule has 7 heteroatoms. The van der Waals surface area contributed by atoms with Gasteiger partial charge in [0.05, 0.1) is 5.02 Å². The van der Waals surface area contributed by atoms with E-state index in [9.17, 15) is 0 Å². The zero-order chi connectivity index (χ0) is 17.5. The average molecular weight is 362 g/mol. The van der Waals surface area contributed by atoms with Gasteiger partial charge in [0, 0.05) is 41.3 Å². The molecule has 5 rings (SSSR count). The molecular formula is C19H12ClN5O. The number of fused-ring (bicyclic) bond motifs is 1. The summed E-state index contributed by atoms with van der Waals surface area (Å²) in [6.45, 7) is 0. The summed E-state index contributed by atoms with van der Waals surface area (Å²) in [6, 6.07) is 11.3. The zero-order valence-corrected chi connectivity index (χ0v) is 14.2. The van der Waals surface area contributed by atoms with Crippen LogP contribution in [-0.2, 0) is 0 Å². The average Bonchev–Trinajstić information content (AvgIpc) is 3.40. The van der Waals surface area contributed by atoms with E-state index in [1.807, 2.05) is 42.6 Å². The van der Waals surface area contributed by atoms with Crippen LogP contribution >= 0.6 is 11.6 Å². The molecule has 126 valence electrons. The monoisotopic (exact) mass is 361 g/mol. The number of nitrogens with zero attached hydrogens (tertiary/aromatic N) is 3.